The number of aryl methyl sites for hydroxylation is 3. The number of aromatic amines is 1. The standard InChI is InChI=1S/C21H27N7O/c1-13-18(14(2)27(4)26-13)12-28-11-17(10-19(28)20-22-15(3)24-25-20)23-21(29)16-8-6-5-7-9-16/h5-9,17,19H,10-12H2,1-4H3,(H,23,29)(H,22,24,25)/t17-,19-/m0/s1. The van der Waals surface area contributed by atoms with Crippen LogP contribution >= 0.6 is 0 Å². The van der Waals surface area contributed by atoms with Crippen LogP contribution in [0, 0.1) is 20.8 Å². The molecular formula is C21H27N7O. The number of benzene rings is 1. The number of carbonyl (C=O) groups is 1. The minimum Gasteiger partial charge on any atom is -0.348 e. The molecule has 29 heavy (non-hydrogen) atoms. The molecule has 0 spiro atoms. The van der Waals surface area contributed by atoms with Crippen LogP contribution in [0.4, 0.5) is 0 Å². The van der Waals surface area contributed by atoms with E-state index in [1.165, 1.54) is 5.56 Å². The van der Waals surface area contributed by atoms with E-state index in [1.54, 1.807) is 0 Å². The van der Waals surface area contributed by atoms with Crippen molar-refractivity contribution in [3.05, 3.63) is 64.5 Å². The van der Waals surface area contributed by atoms with Crippen molar-refractivity contribution in [1.29, 1.82) is 0 Å². The first kappa shape index (κ1) is 19.3. The van der Waals surface area contributed by atoms with Gasteiger partial charge in [-0.3, -0.25) is 19.5 Å². The summed E-state index contributed by atoms with van der Waals surface area (Å²) in [7, 11) is 1.97. The summed E-state index contributed by atoms with van der Waals surface area (Å²) in [6.07, 6.45) is 0.772. The van der Waals surface area contributed by atoms with Gasteiger partial charge in [0, 0.05) is 43.0 Å². The van der Waals surface area contributed by atoms with E-state index in [4.69, 9.17) is 0 Å². The van der Waals surface area contributed by atoms with E-state index in [1.807, 2.05) is 55.9 Å². The average molecular weight is 393 g/mol. The molecule has 4 rings (SSSR count). The number of aromatic nitrogens is 5. The summed E-state index contributed by atoms with van der Waals surface area (Å²) in [6, 6.07) is 9.41. The third-order valence-corrected chi connectivity index (χ3v) is 5.71. The Balaban J connectivity index is 1.55. The Morgan fingerprint density at radius 2 is 2.00 bits per heavy atom. The lowest BCUT2D eigenvalue weighted by Crippen LogP contribution is -2.37. The van der Waals surface area contributed by atoms with Crippen molar-refractivity contribution in [2.45, 2.75) is 45.8 Å². The van der Waals surface area contributed by atoms with Crippen LogP contribution in [0.15, 0.2) is 30.3 Å². The molecule has 8 heteroatoms. The van der Waals surface area contributed by atoms with Crippen LogP contribution in [0.3, 0.4) is 0 Å². The molecule has 0 bridgehead atoms. The lowest BCUT2D eigenvalue weighted by molar-refractivity contribution is 0.0937. The normalized spacial score (nSPS) is 19.6. The van der Waals surface area contributed by atoms with E-state index in [0.29, 0.717) is 5.56 Å². The highest BCUT2D eigenvalue weighted by molar-refractivity contribution is 5.94. The van der Waals surface area contributed by atoms with Gasteiger partial charge in [0.15, 0.2) is 5.82 Å². The number of amides is 1. The average Bonchev–Trinajstić information content (AvgIpc) is 3.37. The fourth-order valence-corrected chi connectivity index (χ4v) is 4.07. The van der Waals surface area contributed by atoms with Gasteiger partial charge in [-0.25, -0.2) is 4.98 Å². The molecule has 1 aliphatic rings. The van der Waals surface area contributed by atoms with Crippen LogP contribution in [0.2, 0.25) is 0 Å². The SMILES string of the molecule is Cc1nc([C@@H]2C[C@H](NC(=O)c3ccccc3)CN2Cc2c(C)nn(C)c2C)n[nH]1. The molecule has 3 heterocycles. The summed E-state index contributed by atoms with van der Waals surface area (Å²) in [5.74, 6) is 1.53. The highest BCUT2D eigenvalue weighted by Crippen LogP contribution is 2.32. The van der Waals surface area contributed by atoms with E-state index in [2.05, 4.69) is 37.4 Å². The molecule has 1 saturated heterocycles. The molecule has 3 aromatic rings. The molecule has 2 atom stereocenters. The number of nitrogens with one attached hydrogen (secondary N) is 2. The summed E-state index contributed by atoms with van der Waals surface area (Å²) in [6.45, 7) is 7.52. The van der Waals surface area contributed by atoms with Gasteiger partial charge in [-0.1, -0.05) is 18.2 Å². The largest absolute Gasteiger partial charge is 0.348 e. The first-order chi connectivity index (χ1) is 13.9. The van der Waals surface area contributed by atoms with Gasteiger partial charge in [0.2, 0.25) is 0 Å². The fourth-order valence-electron chi connectivity index (χ4n) is 4.07. The maximum atomic E-state index is 12.6. The number of likely N-dealkylation sites (tertiary alicyclic amines) is 1. The van der Waals surface area contributed by atoms with Gasteiger partial charge in [-0.2, -0.15) is 10.2 Å². The van der Waals surface area contributed by atoms with Gasteiger partial charge in [-0.05, 0) is 39.3 Å². The molecule has 152 valence electrons. The molecule has 2 N–H and O–H groups in total. The molecule has 1 aromatic carbocycles. The summed E-state index contributed by atoms with van der Waals surface area (Å²) < 4.78 is 1.92. The van der Waals surface area contributed by atoms with Crippen LogP contribution in [-0.4, -0.2) is 48.4 Å². The quantitative estimate of drug-likeness (QED) is 0.693. The van der Waals surface area contributed by atoms with E-state index in [-0.39, 0.29) is 18.0 Å². The number of carbonyl (C=O) groups excluding carboxylic acids is 1. The highest BCUT2D eigenvalue weighted by atomic mass is 16.1. The summed E-state index contributed by atoms with van der Waals surface area (Å²) >= 11 is 0. The predicted octanol–water partition coefficient (Wildman–Crippen LogP) is 2.21. The number of H-pyrrole nitrogens is 1. The van der Waals surface area contributed by atoms with E-state index >= 15 is 0 Å². The fraction of sp³-hybridized carbons (Fsp3) is 0.429. The van der Waals surface area contributed by atoms with Gasteiger partial charge in [0.1, 0.15) is 5.82 Å². The van der Waals surface area contributed by atoms with Crippen LogP contribution < -0.4 is 5.32 Å². The van der Waals surface area contributed by atoms with E-state index in [9.17, 15) is 4.79 Å². The van der Waals surface area contributed by atoms with Gasteiger partial charge in [0.05, 0.1) is 11.7 Å². The molecule has 0 unspecified atom stereocenters. The molecule has 0 aliphatic carbocycles. The zero-order valence-electron chi connectivity index (χ0n) is 17.3. The van der Waals surface area contributed by atoms with Crippen molar-refractivity contribution >= 4 is 5.91 Å². The molecule has 1 aliphatic heterocycles. The lowest BCUT2D eigenvalue weighted by atomic mass is 10.1. The zero-order valence-corrected chi connectivity index (χ0v) is 17.3. The molecule has 1 amide bonds. The third-order valence-electron chi connectivity index (χ3n) is 5.71. The van der Waals surface area contributed by atoms with Gasteiger partial charge in [0.25, 0.3) is 5.91 Å². The first-order valence-corrected chi connectivity index (χ1v) is 9.90. The predicted molar refractivity (Wildman–Crippen MR) is 109 cm³/mol. The minimum atomic E-state index is -0.0453. The Bertz CT molecular complexity index is 1010. The second kappa shape index (κ2) is 7.79. The van der Waals surface area contributed by atoms with Gasteiger partial charge >= 0.3 is 0 Å². The molecular weight excluding hydrogens is 366 g/mol. The maximum absolute atomic E-state index is 12.6. The van der Waals surface area contributed by atoms with Crippen molar-refractivity contribution in [2.75, 3.05) is 6.54 Å². The first-order valence-electron chi connectivity index (χ1n) is 9.90. The minimum absolute atomic E-state index is 0.0313. The summed E-state index contributed by atoms with van der Waals surface area (Å²) in [5.41, 5.74) is 4.09. The van der Waals surface area contributed by atoms with Crippen molar-refractivity contribution in [1.82, 2.24) is 35.2 Å². The number of hydrogen-bond acceptors (Lipinski definition) is 5. The second-order valence-electron chi connectivity index (χ2n) is 7.77. The highest BCUT2D eigenvalue weighted by Gasteiger charge is 2.37. The topological polar surface area (TPSA) is 91.7 Å². The Kier molecular flexibility index (Phi) is 5.19. The van der Waals surface area contributed by atoms with Crippen LogP contribution in [0.1, 0.15) is 51.4 Å². The van der Waals surface area contributed by atoms with Crippen molar-refractivity contribution in [3.63, 3.8) is 0 Å². The maximum Gasteiger partial charge on any atom is 0.251 e. The van der Waals surface area contributed by atoms with Crippen LogP contribution in [-0.2, 0) is 13.6 Å². The third kappa shape index (κ3) is 3.93. The Hall–Kier alpha value is -3.00. The van der Waals surface area contributed by atoms with E-state index in [0.717, 1.165) is 42.5 Å². The van der Waals surface area contributed by atoms with Crippen molar-refractivity contribution in [3.8, 4) is 0 Å². The Labute approximate surface area is 170 Å². The second-order valence-corrected chi connectivity index (χ2v) is 7.77. The molecule has 0 saturated carbocycles. The van der Waals surface area contributed by atoms with Crippen molar-refractivity contribution in [2.24, 2.45) is 7.05 Å². The van der Waals surface area contributed by atoms with Gasteiger partial charge in [-0.15, -0.1) is 0 Å². The zero-order chi connectivity index (χ0) is 20.5. The van der Waals surface area contributed by atoms with Crippen molar-refractivity contribution < 1.29 is 4.79 Å². The number of nitrogens with zero attached hydrogens (tertiary/aromatic N) is 5. The lowest BCUT2D eigenvalue weighted by Gasteiger charge is -2.22. The molecule has 0 radical (unpaired) electrons. The Morgan fingerprint density at radius 1 is 1.24 bits per heavy atom. The van der Waals surface area contributed by atoms with Gasteiger partial charge < -0.3 is 5.32 Å². The molecule has 2 aromatic heterocycles. The summed E-state index contributed by atoms with van der Waals surface area (Å²) in [5, 5.41) is 15.1. The number of hydrogen-bond donors (Lipinski definition) is 2. The monoisotopic (exact) mass is 393 g/mol. The summed E-state index contributed by atoms with van der Waals surface area (Å²) in [4.78, 5) is 19.6. The smallest absolute Gasteiger partial charge is 0.251 e. The molecule has 8 nitrogen and oxygen atoms in total. The Morgan fingerprint density at radius 3 is 2.62 bits per heavy atom. The van der Waals surface area contributed by atoms with Crippen LogP contribution in [0.5, 0.6) is 0 Å². The number of rotatable bonds is 5. The molecule has 1 fully saturated rings. The van der Waals surface area contributed by atoms with E-state index < -0.39 is 0 Å². The van der Waals surface area contributed by atoms with Crippen LogP contribution in [0.25, 0.3) is 0 Å².